The van der Waals surface area contributed by atoms with Crippen LogP contribution in [0.4, 0.5) is 13.2 Å². The summed E-state index contributed by atoms with van der Waals surface area (Å²) in [7, 11) is -2.25. The number of carboxylic acid groups (broad SMARTS) is 1. The van der Waals surface area contributed by atoms with Crippen LogP contribution in [0.2, 0.25) is 18.1 Å². The van der Waals surface area contributed by atoms with Crippen LogP contribution in [0.1, 0.15) is 43.7 Å². The van der Waals surface area contributed by atoms with Gasteiger partial charge in [-0.1, -0.05) is 38.1 Å². The number of hydrogen-bond acceptors (Lipinski definition) is 7. The van der Waals surface area contributed by atoms with Gasteiger partial charge in [0.2, 0.25) is 0 Å². The molecule has 0 amide bonds. The van der Waals surface area contributed by atoms with E-state index in [0.717, 1.165) is 10.9 Å². The zero-order chi connectivity index (χ0) is 29.5. The van der Waals surface area contributed by atoms with Crippen molar-refractivity contribution in [3.05, 3.63) is 60.3 Å². The first-order valence-corrected chi connectivity index (χ1v) is 15.4. The van der Waals surface area contributed by atoms with E-state index in [-0.39, 0.29) is 45.4 Å². The minimum absolute atomic E-state index is 0.0183. The summed E-state index contributed by atoms with van der Waals surface area (Å²) >= 11 is 0. The molecule has 0 bridgehead atoms. The molecule has 4 aromatic rings. The Morgan fingerprint density at radius 3 is 2.52 bits per heavy atom. The first-order chi connectivity index (χ1) is 18.6. The van der Waals surface area contributed by atoms with E-state index in [1.165, 1.54) is 36.8 Å². The molecule has 3 aromatic heterocycles. The summed E-state index contributed by atoms with van der Waals surface area (Å²) in [5, 5.41) is 17.4. The topological polar surface area (TPSA) is 116 Å². The maximum Gasteiger partial charge on any atom is 0.433 e. The lowest BCUT2D eigenvalue weighted by molar-refractivity contribution is -0.144. The molecule has 1 N–H and O–H groups in total. The molecule has 0 radical (unpaired) electrons. The summed E-state index contributed by atoms with van der Waals surface area (Å²) in [5.41, 5.74) is -0.495. The lowest BCUT2D eigenvalue weighted by Crippen LogP contribution is -2.44. The molecule has 1 aromatic carbocycles. The summed E-state index contributed by atoms with van der Waals surface area (Å²) < 4.78 is 56.4. The minimum Gasteiger partial charge on any atom is -0.478 e. The van der Waals surface area contributed by atoms with Gasteiger partial charge in [-0.25, -0.2) is 14.8 Å². The van der Waals surface area contributed by atoms with Crippen LogP contribution in [-0.4, -0.2) is 50.4 Å². The minimum atomic E-state index is -4.79. The van der Waals surface area contributed by atoms with Gasteiger partial charge in [0, 0.05) is 11.8 Å². The third-order valence-corrected chi connectivity index (χ3v) is 11.6. The molecule has 40 heavy (non-hydrogen) atoms. The second kappa shape index (κ2) is 10.6. The van der Waals surface area contributed by atoms with Crippen molar-refractivity contribution < 1.29 is 32.0 Å². The molecule has 13 heteroatoms. The van der Waals surface area contributed by atoms with E-state index in [0.29, 0.717) is 5.56 Å². The van der Waals surface area contributed by atoms with Crippen molar-refractivity contribution in [3.63, 3.8) is 0 Å². The fourth-order valence-corrected chi connectivity index (χ4v) is 5.53. The van der Waals surface area contributed by atoms with Crippen molar-refractivity contribution in [1.82, 2.24) is 24.9 Å². The molecule has 0 aliphatic rings. The third kappa shape index (κ3) is 5.84. The molecule has 0 fully saturated rings. The largest absolute Gasteiger partial charge is 0.478 e. The van der Waals surface area contributed by atoms with Gasteiger partial charge in [-0.05, 0) is 43.3 Å². The smallest absolute Gasteiger partial charge is 0.433 e. The van der Waals surface area contributed by atoms with Gasteiger partial charge >= 0.3 is 12.1 Å². The number of nitrogens with zero attached hydrogens (tertiary/aromatic N) is 5. The van der Waals surface area contributed by atoms with Gasteiger partial charge in [0.15, 0.2) is 19.8 Å². The molecule has 9 nitrogen and oxygen atoms in total. The highest BCUT2D eigenvalue weighted by Gasteiger charge is 2.42. The van der Waals surface area contributed by atoms with Gasteiger partial charge in [-0.2, -0.15) is 18.3 Å². The number of carbonyl (C=O) groups is 1. The maximum absolute atomic E-state index is 14.6. The van der Waals surface area contributed by atoms with Gasteiger partial charge in [0.05, 0.1) is 41.2 Å². The van der Waals surface area contributed by atoms with Crippen molar-refractivity contribution in [2.75, 3.05) is 0 Å². The van der Waals surface area contributed by atoms with E-state index >= 15 is 0 Å². The maximum atomic E-state index is 14.6. The van der Waals surface area contributed by atoms with E-state index in [1.54, 1.807) is 13.0 Å². The van der Waals surface area contributed by atoms with Gasteiger partial charge in [0.25, 0.3) is 0 Å². The van der Waals surface area contributed by atoms with Gasteiger partial charge in [-0.15, -0.1) is 0 Å². The molecule has 4 rings (SSSR count). The van der Waals surface area contributed by atoms with E-state index in [2.05, 4.69) is 41.0 Å². The highest BCUT2D eigenvalue weighted by Crippen LogP contribution is 2.44. The van der Waals surface area contributed by atoms with Crippen LogP contribution in [0.5, 0.6) is 0 Å². The molecule has 1 atom stereocenters. The standard InChI is InChI=1S/C27H30F3N5O4Si/c1-16(39-40(5,6)26(2,3)4)14-35-24(27(28,29)30)19(13-33-35)23-21(20-10-11-31-15-32-20)22(34-38-23)17-8-7-9-18(12-17)25(36)37/h7-13,15-16H,14H2,1-6H3,(H,36,37)/t16-/m1/s1. The van der Waals surface area contributed by atoms with E-state index in [1.807, 2.05) is 13.1 Å². The number of aromatic carboxylic acids is 1. The van der Waals surface area contributed by atoms with Crippen molar-refractivity contribution in [2.24, 2.45) is 0 Å². The number of alkyl halides is 3. The quantitative estimate of drug-likeness (QED) is 0.229. The summed E-state index contributed by atoms with van der Waals surface area (Å²) in [5.74, 6) is -1.37. The Morgan fingerprint density at radius 2 is 1.93 bits per heavy atom. The molecule has 0 saturated heterocycles. The average molecular weight is 574 g/mol. The number of rotatable bonds is 8. The highest BCUT2D eigenvalue weighted by molar-refractivity contribution is 6.74. The van der Waals surface area contributed by atoms with Crippen LogP contribution in [0.25, 0.3) is 33.8 Å². The molecule has 0 aliphatic heterocycles. The summed E-state index contributed by atoms with van der Waals surface area (Å²) in [6, 6.07) is 7.37. The third-order valence-electron chi connectivity index (χ3n) is 7.00. The predicted molar refractivity (Wildman–Crippen MR) is 144 cm³/mol. The van der Waals surface area contributed by atoms with Crippen molar-refractivity contribution in [1.29, 1.82) is 0 Å². The lowest BCUT2D eigenvalue weighted by atomic mass is 9.98. The summed E-state index contributed by atoms with van der Waals surface area (Å²) in [6.45, 7) is 11.8. The Kier molecular flexibility index (Phi) is 7.74. The SMILES string of the molecule is C[C@H](Cn1ncc(-c2onc(-c3cccc(C(=O)O)c3)c2-c2ccncn2)c1C(F)(F)F)O[Si](C)(C)C(C)(C)C. The fourth-order valence-electron chi connectivity index (χ4n) is 4.10. The van der Waals surface area contributed by atoms with E-state index < -0.39 is 32.3 Å². The van der Waals surface area contributed by atoms with Gasteiger partial charge in [0.1, 0.15) is 12.0 Å². The molecule has 0 aliphatic carbocycles. The second-order valence-electron chi connectivity index (χ2n) is 11.0. The second-order valence-corrected chi connectivity index (χ2v) is 15.7. The van der Waals surface area contributed by atoms with Crippen molar-refractivity contribution in [2.45, 2.75) is 64.7 Å². The number of carboxylic acids is 1. The van der Waals surface area contributed by atoms with Crippen molar-refractivity contribution in [3.8, 4) is 33.8 Å². The van der Waals surface area contributed by atoms with Crippen LogP contribution in [0, 0.1) is 0 Å². The number of hydrogen-bond donors (Lipinski definition) is 1. The van der Waals surface area contributed by atoms with Crippen LogP contribution in [0.3, 0.4) is 0 Å². The molecule has 0 unspecified atom stereocenters. The molecule has 0 saturated carbocycles. The monoisotopic (exact) mass is 573 g/mol. The average Bonchev–Trinajstić information content (AvgIpc) is 3.48. The molecule has 212 valence electrons. The fraction of sp³-hybridized carbons (Fsp3) is 0.370. The first-order valence-electron chi connectivity index (χ1n) is 12.5. The van der Waals surface area contributed by atoms with Gasteiger partial charge < -0.3 is 14.1 Å². The normalized spacial score (nSPS) is 13.4. The van der Waals surface area contributed by atoms with Crippen molar-refractivity contribution >= 4 is 14.3 Å². The van der Waals surface area contributed by atoms with E-state index in [9.17, 15) is 23.1 Å². The Balaban J connectivity index is 1.85. The van der Waals surface area contributed by atoms with Crippen LogP contribution in [0.15, 0.2) is 53.6 Å². The highest BCUT2D eigenvalue weighted by atomic mass is 28.4. The Labute approximate surface area is 230 Å². The Bertz CT molecular complexity index is 1510. The zero-order valence-corrected chi connectivity index (χ0v) is 23.9. The first kappa shape index (κ1) is 29.1. The molecular weight excluding hydrogens is 543 g/mol. The lowest BCUT2D eigenvalue weighted by Gasteiger charge is -2.38. The van der Waals surface area contributed by atoms with Gasteiger partial charge in [-0.3, -0.25) is 4.68 Å². The van der Waals surface area contributed by atoms with Crippen LogP contribution in [-0.2, 0) is 17.1 Å². The molecule has 0 spiro atoms. The predicted octanol–water partition coefficient (Wildman–Crippen LogP) is 6.79. The summed E-state index contributed by atoms with van der Waals surface area (Å²) in [4.78, 5) is 19.6. The zero-order valence-electron chi connectivity index (χ0n) is 22.9. The molecular formula is C27H30F3N5O4Si. The number of halogens is 3. The van der Waals surface area contributed by atoms with Crippen LogP contribution >= 0.6 is 0 Å². The molecule has 3 heterocycles. The van der Waals surface area contributed by atoms with Crippen LogP contribution < -0.4 is 0 Å². The number of benzene rings is 1. The Morgan fingerprint density at radius 1 is 1.20 bits per heavy atom. The summed E-state index contributed by atoms with van der Waals surface area (Å²) in [6.07, 6.45) is -1.56. The Hall–Kier alpha value is -3.84. The van der Waals surface area contributed by atoms with E-state index in [4.69, 9.17) is 8.95 Å². The number of aromatic nitrogens is 5.